The van der Waals surface area contributed by atoms with E-state index in [4.69, 9.17) is 9.47 Å². The number of carboxylic acids is 1. The van der Waals surface area contributed by atoms with E-state index in [-0.39, 0.29) is 71.2 Å². The third-order valence-corrected chi connectivity index (χ3v) is 18.1. The third-order valence-electron chi connectivity index (χ3n) is 18.1. The maximum absolute atomic E-state index is 14.9. The molecule has 0 aromatic heterocycles. The van der Waals surface area contributed by atoms with Crippen LogP contribution in [0.2, 0.25) is 0 Å². The molecule has 12 rings (SSSR count). The van der Waals surface area contributed by atoms with Crippen molar-refractivity contribution in [1.29, 1.82) is 0 Å². The fourth-order valence-electron chi connectivity index (χ4n) is 14.9. The number of carbonyl (C=O) groups is 4. The molecule has 0 amide bonds. The molecule has 8 aromatic carbocycles. The quantitative estimate of drug-likeness (QED) is 0.120. The molecule has 4 aliphatic carbocycles. The van der Waals surface area contributed by atoms with E-state index in [9.17, 15) is 24.3 Å². The molecule has 0 aliphatic heterocycles. The van der Waals surface area contributed by atoms with Crippen molar-refractivity contribution >= 4 is 88.3 Å². The Labute approximate surface area is 378 Å². The van der Waals surface area contributed by atoms with E-state index in [1.165, 1.54) is 0 Å². The van der Waals surface area contributed by atoms with Crippen molar-refractivity contribution < 1.29 is 33.8 Å². The number of Topliss-reactive ketones (excluding diaryl/α,β-unsaturated/α-hetero) is 1. The molecule has 4 aliphatic rings. The number of carbonyl (C=O) groups excluding carboxylic acids is 3. The second-order valence-corrected chi connectivity index (χ2v) is 20.9. The Hall–Kier alpha value is -6.08. The lowest BCUT2D eigenvalue weighted by atomic mass is 9.43. The van der Waals surface area contributed by atoms with Gasteiger partial charge in [0.15, 0.2) is 0 Å². The summed E-state index contributed by atoms with van der Waals surface area (Å²) in [6.07, 6.45) is 4.70. The van der Waals surface area contributed by atoms with Crippen molar-refractivity contribution in [1.82, 2.24) is 0 Å². The van der Waals surface area contributed by atoms with Gasteiger partial charge in [-0.3, -0.25) is 9.59 Å². The molecule has 4 fully saturated rings. The molecular formula is C58H54O7. The summed E-state index contributed by atoms with van der Waals surface area (Å²) in [6.45, 7) is 6.76. The van der Waals surface area contributed by atoms with Crippen molar-refractivity contribution in [2.45, 2.75) is 90.8 Å². The lowest BCUT2D eigenvalue weighted by Gasteiger charge is -2.62. The van der Waals surface area contributed by atoms with Crippen LogP contribution in [0.5, 0.6) is 0 Å². The highest BCUT2D eigenvalue weighted by Crippen LogP contribution is 2.68. The molecule has 7 nitrogen and oxygen atoms in total. The predicted molar refractivity (Wildman–Crippen MR) is 256 cm³/mol. The van der Waals surface area contributed by atoms with Crippen molar-refractivity contribution in [3.8, 4) is 0 Å². The smallest absolute Gasteiger partial charge is 0.339 e. The number of esters is 2. The number of hydrogen-bond acceptors (Lipinski definition) is 6. The monoisotopic (exact) mass is 862 g/mol. The lowest BCUT2D eigenvalue weighted by Crippen LogP contribution is -2.62. The fourth-order valence-corrected chi connectivity index (χ4v) is 14.9. The molecule has 4 saturated carbocycles. The Kier molecular flexibility index (Phi) is 9.15. The van der Waals surface area contributed by atoms with Crippen LogP contribution in [0.25, 0.3) is 64.6 Å². The van der Waals surface area contributed by atoms with Gasteiger partial charge in [0.05, 0.1) is 11.1 Å². The van der Waals surface area contributed by atoms with Crippen LogP contribution in [0.3, 0.4) is 0 Å². The minimum Gasteiger partial charge on any atom is -0.481 e. The number of aliphatic carboxylic acids is 1. The highest BCUT2D eigenvalue weighted by Gasteiger charge is 2.67. The van der Waals surface area contributed by atoms with Crippen molar-refractivity contribution in [3.05, 3.63) is 120 Å². The van der Waals surface area contributed by atoms with Crippen molar-refractivity contribution in [2.24, 2.45) is 46.3 Å². The van der Waals surface area contributed by atoms with E-state index in [1.807, 2.05) is 30.3 Å². The van der Waals surface area contributed by atoms with Gasteiger partial charge in [0.1, 0.15) is 18.0 Å². The van der Waals surface area contributed by atoms with Gasteiger partial charge >= 0.3 is 17.9 Å². The second kappa shape index (κ2) is 14.7. The van der Waals surface area contributed by atoms with Crippen LogP contribution >= 0.6 is 0 Å². The van der Waals surface area contributed by atoms with Crippen LogP contribution in [0, 0.1) is 46.3 Å². The summed E-state index contributed by atoms with van der Waals surface area (Å²) in [5.41, 5.74) is 0.381. The van der Waals surface area contributed by atoms with Crippen LogP contribution in [-0.4, -0.2) is 41.0 Å². The van der Waals surface area contributed by atoms with Crippen LogP contribution in [0.15, 0.2) is 109 Å². The number of hydrogen-bond donors (Lipinski definition) is 1. The first-order valence-corrected chi connectivity index (χ1v) is 23.9. The Morgan fingerprint density at radius 1 is 0.646 bits per heavy atom. The maximum Gasteiger partial charge on any atom is 0.339 e. The van der Waals surface area contributed by atoms with E-state index >= 15 is 0 Å². The van der Waals surface area contributed by atoms with Crippen LogP contribution in [-0.2, 0) is 19.1 Å². The Balaban J connectivity index is 0.856. The van der Waals surface area contributed by atoms with Gasteiger partial charge in [-0.2, -0.15) is 0 Å². The molecule has 10 atom stereocenters. The average Bonchev–Trinajstić information content (AvgIpc) is 3.67. The SMILES string of the molecule is C[C@H](CCC(=O)O)[C@H]1CC[C@H]2[C@@H]3C(=O)C[C@H]4C[C@H](OC(=O)c5ccc6ccc7cccc8ccc5c6c78)CC[C@]4(C)[C@H]3C[C@H](OC(=O)c3ccc4ccc5cccc6ccc3c4c56)[C@]12C. The van der Waals surface area contributed by atoms with Gasteiger partial charge in [0.25, 0.3) is 0 Å². The number of fused-ring (bicyclic) bond motifs is 5. The number of ether oxygens (including phenoxy) is 2. The first-order valence-electron chi connectivity index (χ1n) is 23.9. The Morgan fingerprint density at radius 3 is 1.74 bits per heavy atom. The zero-order valence-electron chi connectivity index (χ0n) is 37.3. The number of carboxylic acid groups (broad SMARTS) is 1. The fraction of sp³-hybridized carbons (Fsp3) is 0.379. The molecule has 0 heterocycles. The van der Waals surface area contributed by atoms with Gasteiger partial charge in [-0.15, -0.1) is 0 Å². The summed E-state index contributed by atoms with van der Waals surface area (Å²) < 4.78 is 13.4. The summed E-state index contributed by atoms with van der Waals surface area (Å²) >= 11 is 0. The Bertz CT molecular complexity index is 3230. The number of benzene rings is 8. The minimum absolute atomic E-state index is 0.00623. The van der Waals surface area contributed by atoms with Crippen LogP contribution < -0.4 is 0 Å². The summed E-state index contributed by atoms with van der Waals surface area (Å²) in [4.78, 5) is 55.7. The molecule has 0 saturated heterocycles. The molecule has 65 heavy (non-hydrogen) atoms. The molecule has 7 heteroatoms. The van der Waals surface area contributed by atoms with E-state index in [0.717, 1.165) is 83.9 Å². The van der Waals surface area contributed by atoms with Gasteiger partial charge in [-0.05, 0) is 157 Å². The average molecular weight is 863 g/mol. The molecule has 0 bridgehead atoms. The first kappa shape index (κ1) is 40.4. The van der Waals surface area contributed by atoms with E-state index in [2.05, 4.69) is 99.6 Å². The normalized spacial score (nSPS) is 29.3. The van der Waals surface area contributed by atoms with Gasteiger partial charge in [-0.1, -0.05) is 118 Å². The lowest BCUT2D eigenvalue weighted by molar-refractivity contribution is -0.182. The number of rotatable bonds is 8. The van der Waals surface area contributed by atoms with Gasteiger partial charge in [0.2, 0.25) is 0 Å². The largest absolute Gasteiger partial charge is 0.481 e. The highest BCUT2D eigenvalue weighted by molar-refractivity contribution is 6.27. The van der Waals surface area contributed by atoms with Gasteiger partial charge in [0, 0.05) is 24.2 Å². The zero-order valence-corrected chi connectivity index (χ0v) is 37.3. The van der Waals surface area contributed by atoms with Crippen molar-refractivity contribution in [2.75, 3.05) is 0 Å². The van der Waals surface area contributed by atoms with Crippen LogP contribution in [0.1, 0.15) is 99.3 Å². The standard InChI is InChI=1S/C58H54O7/c1-31(10-25-49(60)61)44-23-24-45-54-46(30-48(58(44,45)3)65-56(63)43-22-18-37-14-12-33-7-5-9-35-16-20-41(43)53(37)51(33)35)57(2)27-26-39(28-38(57)29-47(54)59)64-55(62)42-21-17-36-13-11-32-6-4-8-34-15-19-40(42)52(36)50(32)34/h4-9,11-22,31,38-39,44-46,48,54H,10,23-30H2,1-3H3,(H,60,61)/t31-,38-,39-,44-,45+,46+,48+,54+,57+,58-/m1/s1. The van der Waals surface area contributed by atoms with Crippen molar-refractivity contribution in [3.63, 3.8) is 0 Å². The molecule has 0 radical (unpaired) electrons. The van der Waals surface area contributed by atoms with Gasteiger partial charge < -0.3 is 14.6 Å². The maximum atomic E-state index is 14.9. The van der Waals surface area contributed by atoms with E-state index in [1.54, 1.807) is 0 Å². The van der Waals surface area contributed by atoms with E-state index in [0.29, 0.717) is 43.2 Å². The van der Waals surface area contributed by atoms with Gasteiger partial charge in [-0.25, -0.2) is 9.59 Å². The van der Waals surface area contributed by atoms with Crippen LogP contribution in [0.4, 0.5) is 0 Å². The molecule has 0 unspecified atom stereocenters. The first-order chi connectivity index (χ1) is 31.4. The summed E-state index contributed by atoms with van der Waals surface area (Å²) in [5.74, 6) is -1.17. The van der Waals surface area contributed by atoms with E-state index < -0.39 is 17.5 Å². The second-order valence-electron chi connectivity index (χ2n) is 20.9. The minimum atomic E-state index is -0.809. The molecule has 1 N–H and O–H groups in total. The predicted octanol–water partition coefficient (Wildman–Crippen LogP) is 13.2. The Morgan fingerprint density at radius 2 is 1.17 bits per heavy atom. The topological polar surface area (TPSA) is 107 Å². The third kappa shape index (κ3) is 5.99. The summed E-state index contributed by atoms with van der Waals surface area (Å²) in [5, 5.41) is 22.6. The molecule has 8 aromatic rings. The number of ketones is 1. The molecular weight excluding hydrogens is 809 g/mol. The zero-order chi connectivity index (χ0) is 44.5. The molecule has 328 valence electrons. The molecule has 0 spiro atoms. The summed E-state index contributed by atoms with van der Waals surface area (Å²) in [6, 6.07) is 37.2. The summed E-state index contributed by atoms with van der Waals surface area (Å²) in [7, 11) is 0. The highest BCUT2D eigenvalue weighted by atomic mass is 16.5.